The van der Waals surface area contributed by atoms with Crippen LogP contribution in [0.4, 0.5) is 0 Å². The molecule has 7 nitrogen and oxygen atoms in total. The Morgan fingerprint density at radius 2 is 1.71 bits per heavy atom. The molecule has 5 rings (SSSR count). The summed E-state index contributed by atoms with van der Waals surface area (Å²) in [5.41, 5.74) is 2.75. The fourth-order valence-corrected chi connectivity index (χ4v) is 5.07. The minimum atomic E-state index is -0.605. The van der Waals surface area contributed by atoms with E-state index in [-0.39, 0.29) is 24.6 Å². The van der Waals surface area contributed by atoms with Crippen LogP contribution in [0.3, 0.4) is 0 Å². The number of carbonyl (C=O) groups is 2. The molecular weight excluding hydrogens is 446 g/mol. The smallest absolute Gasteiger partial charge is 0.315 e. The first-order valence-electron chi connectivity index (χ1n) is 12.5. The summed E-state index contributed by atoms with van der Waals surface area (Å²) in [7, 11) is 3.16. The number of hydrogen-bond donors (Lipinski definition) is 1. The number of rotatable bonds is 8. The lowest BCUT2D eigenvalue weighted by Crippen LogP contribution is -2.29. The molecule has 0 spiro atoms. The molecule has 1 amide bonds. The van der Waals surface area contributed by atoms with Crippen molar-refractivity contribution < 1.29 is 28.5 Å². The van der Waals surface area contributed by atoms with Crippen LogP contribution in [0, 0.1) is 5.41 Å². The molecule has 0 aromatic heterocycles. The summed E-state index contributed by atoms with van der Waals surface area (Å²) in [4.78, 5) is 25.1. The molecule has 1 heterocycles. The van der Waals surface area contributed by atoms with E-state index in [0.717, 1.165) is 55.2 Å². The molecule has 0 saturated heterocycles. The van der Waals surface area contributed by atoms with Crippen LogP contribution in [-0.4, -0.2) is 38.8 Å². The zero-order valence-electron chi connectivity index (χ0n) is 20.5. The van der Waals surface area contributed by atoms with E-state index in [1.807, 2.05) is 30.3 Å². The number of ether oxygens (including phenoxy) is 4. The summed E-state index contributed by atoms with van der Waals surface area (Å²) in [5, 5.41) is 2.86. The Morgan fingerprint density at radius 1 is 0.971 bits per heavy atom. The Morgan fingerprint density at radius 3 is 2.40 bits per heavy atom. The zero-order chi connectivity index (χ0) is 24.4. The van der Waals surface area contributed by atoms with Crippen molar-refractivity contribution in [3.8, 4) is 28.4 Å². The second-order valence-corrected chi connectivity index (χ2v) is 9.82. The molecule has 186 valence electrons. The lowest BCUT2D eigenvalue weighted by Gasteiger charge is -2.23. The zero-order valence-corrected chi connectivity index (χ0v) is 20.5. The number of fused-ring (bicyclic) bond motifs is 1. The van der Waals surface area contributed by atoms with Gasteiger partial charge in [0, 0.05) is 17.7 Å². The molecule has 0 unspecified atom stereocenters. The molecular formula is C28H33NO6. The monoisotopic (exact) mass is 479 g/mol. The minimum absolute atomic E-state index is 0.0205. The summed E-state index contributed by atoms with van der Waals surface area (Å²) in [5.74, 6) is 1.36. The van der Waals surface area contributed by atoms with Crippen LogP contribution in [-0.2, 0) is 16.1 Å². The molecule has 1 N–H and O–H groups in total. The van der Waals surface area contributed by atoms with Gasteiger partial charge in [0.2, 0.25) is 5.75 Å². The average molecular weight is 480 g/mol. The molecule has 0 bridgehead atoms. The van der Waals surface area contributed by atoms with Gasteiger partial charge in [-0.25, -0.2) is 0 Å². The normalized spacial score (nSPS) is 18.7. The predicted molar refractivity (Wildman–Crippen MR) is 131 cm³/mol. The van der Waals surface area contributed by atoms with Gasteiger partial charge in [-0.1, -0.05) is 18.9 Å². The number of esters is 1. The Bertz CT molecular complexity index is 1110. The van der Waals surface area contributed by atoms with Crippen LogP contribution in [0.25, 0.3) is 11.1 Å². The summed E-state index contributed by atoms with van der Waals surface area (Å²) < 4.78 is 23.5. The van der Waals surface area contributed by atoms with Crippen molar-refractivity contribution in [2.24, 2.45) is 5.41 Å². The summed E-state index contributed by atoms with van der Waals surface area (Å²) in [6, 6.07) is 9.50. The first kappa shape index (κ1) is 23.5. The first-order chi connectivity index (χ1) is 17.0. The molecule has 2 saturated carbocycles. The second kappa shape index (κ2) is 9.80. The summed E-state index contributed by atoms with van der Waals surface area (Å²) in [6.45, 7) is 0.724. The van der Waals surface area contributed by atoms with Gasteiger partial charge in [0.1, 0.15) is 18.1 Å². The van der Waals surface area contributed by atoms with Gasteiger partial charge in [0.05, 0.1) is 14.2 Å². The lowest BCUT2D eigenvalue weighted by molar-refractivity contribution is -0.157. The average Bonchev–Trinajstić information content (AvgIpc) is 3.64. The molecule has 0 atom stereocenters. The van der Waals surface area contributed by atoms with Crippen LogP contribution in [0.2, 0.25) is 0 Å². The number of benzene rings is 2. The van der Waals surface area contributed by atoms with Gasteiger partial charge in [-0.15, -0.1) is 0 Å². The van der Waals surface area contributed by atoms with Crippen molar-refractivity contribution in [2.75, 3.05) is 20.8 Å². The Labute approximate surface area is 206 Å². The van der Waals surface area contributed by atoms with Crippen molar-refractivity contribution in [1.29, 1.82) is 0 Å². The molecule has 3 aliphatic rings. The van der Waals surface area contributed by atoms with Crippen molar-refractivity contribution >= 4 is 11.9 Å². The minimum Gasteiger partial charge on any atom is -0.493 e. The SMILES string of the molecule is COc1ccc(-c2ccc3c(c2)CNC3=O)c(OCC2(C(=O)OC3CCCCCC3)CC2)c1OC. The molecule has 2 aromatic rings. The highest BCUT2D eigenvalue weighted by molar-refractivity contribution is 5.99. The number of amides is 1. The van der Waals surface area contributed by atoms with E-state index in [0.29, 0.717) is 29.4 Å². The predicted octanol–water partition coefficient (Wildman–Crippen LogP) is 5.04. The highest BCUT2D eigenvalue weighted by atomic mass is 16.6. The van der Waals surface area contributed by atoms with Crippen LogP contribution >= 0.6 is 0 Å². The van der Waals surface area contributed by atoms with Crippen LogP contribution in [0.5, 0.6) is 17.2 Å². The maximum Gasteiger partial charge on any atom is 0.315 e. The molecule has 0 radical (unpaired) electrons. The van der Waals surface area contributed by atoms with Gasteiger partial charge in [-0.3, -0.25) is 9.59 Å². The number of nitrogens with one attached hydrogen (secondary N) is 1. The molecule has 7 heteroatoms. The van der Waals surface area contributed by atoms with E-state index in [4.69, 9.17) is 18.9 Å². The van der Waals surface area contributed by atoms with Crippen molar-refractivity contribution in [2.45, 2.75) is 64.0 Å². The topological polar surface area (TPSA) is 83.1 Å². The lowest BCUT2D eigenvalue weighted by atomic mass is 9.99. The highest BCUT2D eigenvalue weighted by Gasteiger charge is 2.53. The first-order valence-corrected chi connectivity index (χ1v) is 12.5. The second-order valence-electron chi connectivity index (χ2n) is 9.82. The van der Waals surface area contributed by atoms with Crippen molar-refractivity contribution in [1.82, 2.24) is 5.32 Å². The molecule has 2 fully saturated rings. The highest BCUT2D eigenvalue weighted by Crippen LogP contribution is 2.50. The number of hydrogen-bond acceptors (Lipinski definition) is 6. The largest absolute Gasteiger partial charge is 0.493 e. The van der Waals surface area contributed by atoms with E-state index in [2.05, 4.69) is 5.32 Å². The standard InChI is InChI=1S/C28H33NO6/c1-32-23-12-11-21(18-9-10-22-19(15-18)16-29-26(22)30)24(25(23)33-2)34-17-28(13-14-28)27(31)35-20-7-5-3-4-6-8-20/h9-12,15,20H,3-8,13-14,16-17H2,1-2H3,(H,29,30). The molecule has 2 aliphatic carbocycles. The van der Waals surface area contributed by atoms with Crippen LogP contribution in [0.1, 0.15) is 67.3 Å². The summed E-state index contributed by atoms with van der Waals surface area (Å²) in [6.07, 6.45) is 8.10. The molecule has 1 aliphatic heterocycles. The van der Waals surface area contributed by atoms with E-state index < -0.39 is 5.41 Å². The number of methoxy groups -OCH3 is 2. The third-order valence-corrected chi connectivity index (χ3v) is 7.46. The van der Waals surface area contributed by atoms with Gasteiger partial charge in [-0.05, 0) is 73.9 Å². The molecule has 2 aromatic carbocycles. The van der Waals surface area contributed by atoms with Gasteiger partial charge < -0.3 is 24.3 Å². The summed E-state index contributed by atoms with van der Waals surface area (Å²) >= 11 is 0. The molecule has 35 heavy (non-hydrogen) atoms. The van der Waals surface area contributed by atoms with Gasteiger partial charge in [0.15, 0.2) is 11.5 Å². The van der Waals surface area contributed by atoms with Gasteiger partial charge in [0.25, 0.3) is 5.91 Å². The third kappa shape index (κ3) is 4.68. The van der Waals surface area contributed by atoms with E-state index >= 15 is 0 Å². The van der Waals surface area contributed by atoms with Gasteiger partial charge >= 0.3 is 5.97 Å². The maximum atomic E-state index is 13.1. The quantitative estimate of drug-likeness (QED) is 0.422. The maximum absolute atomic E-state index is 13.1. The van der Waals surface area contributed by atoms with Gasteiger partial charge in [-0.2, -0.15) is 0 Å². The van der Waals surface area contributed by atoms with Crippen molar-refractivity contribution in [3.63, 3.8) is 0 Å². The third-order valence-electron chi connectivity index (χ3n) is 7.46. The fourth-order valence-electron chi connectivity index (χ4n) is 5.07. The van der Waals surface area contributed by atoms with E-state index in [1.165, 1.54) is 12.8 Å². The number of carbonyl (C=O) groups excluding carboxylic acids is 2. The fraction of sp³-hybridized carbons (Fsp3) is 0.500. The van der Waals surface area contributed by atoms with Crippen LogP contribution in [0.15, 0.2) is 30.3 Å². The van der Waals surface area contributed by atoms with Crippen molar-refractivity contribution in [3.05, 3.63) is 41.5 Å². The van der Waals surface area contributed by atoms with Crippen LogP contribution < -0.4 is 19.5 Å². The Kier molecular flexibility index (Phi) is 6.58. The van der Waals surface area contributed by atoms with E-state index in [9.17, 15) is 9.59 Å². The Hall–Kier alpha value is -3.22. The Balaban J connectivity index is 1.40. The van der Waals surface area contributed by atoms with E-state index in [1.54, 1.807) is 14.2 Å².